The van der Waals surface area contributed by atoms with Gasteiger partial charge in [0, 0.05) is 0 Å². The van der Waals surface area contributed by atoms with E-state index in [-0.39, 0.29) is 0 Å². The molecule has 0 N–H and O–H groups in total. The van der Waals surface area contributed by atoms with Gasteiger partial charge in [-0.15, -0.1) is 0 Å². The van der Waals surface area contributed by atoms with Crippen LogP contribution < -0.4 is 0 Å². The Morgan fingerprint density at radius 3 is 1.76 bits per heavy atom. The predicted octanol–water partition coefficient (Wildman–Crippen LogP) is 5.74. The van der Waals surface area contributed by atoms with E-state index in [1.54, 1.807) is 0 Å². The molecule has 0 radical (unpaired) electrons. The van der Waals surface area contributed by atoms with Crippen molar-refractivity contribution in [3.05, 3.63) is 69.8 Å². The van der Waals surface area contributed by atoms with Crippen LogP contribution in [0.2, 0.25) is 0 Å². The lowest BCUT2D eigenvalue weighted by atomic mass is 9.94. The number of aryl methyl sites for hydroxylation is 5. The zero-order chi connectivity index (χ0) is 15.2. The fourth-order valence-electron chi connectivity index (χ4n) is 3.13. The van der Waals surface area contributed by atoms with Gasteiger partial charge >= 0.3 is 0 Å². The van der Waals surface area contributed by atoms with Gasteiger partial charge in [-0.25, -0.2) is 0 Å². The lowest BCUT2D eigenvalue weighted by molar-refractivity contribution is 0.794. The van der Waals surface area contributed by atoms with Gasteiger partial charge in [-0.2, -0.15) is 0 Å². The van der Waals surface area contributed by atoms with E-state index in [0.717, 1.165) is 12.8 Å². The standard InChI is InChI=1S/C21H28/c1-5-6-7-19-8-10-20(11-9-19)12-13-21-17(3)14-16(2)15-18(21)4/h8-11,14-15H,5-7,12-13H2,1-4H3. The molecule has 0 saturated heterocycles. The highest BCUT2D eigenvalue weighted by Crippen LogP contribution is 2.19. The maximum absolute atomic E-state index is 2.31. The van der Waals surface area contributed by atoms with Crippen LogP contribution in [0.25, 0.3) is 0 Å². The third-order valence-corrected chi connectivity index (χ3v) is 4.35. The Labute approximate surface area is 130 Å². The molecule has 0 fully saturated rings. The summed E-state index contributed by atoms with van der Waals surface area (Å²) in [4.78, 5) is 0. The summed E-state index contributed by atoms with van der Waals surface area (Å²) in [6, 6.07) is 13.8. The van der Waals surface area contributed by atoms with Crippen LogP contribution in [0, 0.1) is 20.8 Å². The van der Waals surface area contributed by atoms with Gasteiger partial charge in [0.25, 0.3) is 0 Å². The fraction of sp³-hybridized carbons (Fsp3) is 0.429. The van der Waals surface area contributed by atoms with Crippen molar-refractivity contribution in [1.29, 1.82) is 0 Å². The Morgan fingerprint density at radius 2 is 1.24 bits per heavy atom. The van der Waals surface area contributed by atoms with Crippen LogP contribution in [0.1, 0.15) is 53.1 Å². The van der Waals surface area contributed by atoms with Crippen molar-refractivity contribution in [3.63, 3.8) is 0 Å². The van der Waals surface area contributed by atoms with Crippen LogP contribution in [0.4, 0.5) is 0 Å². The predicted molar refractivity (Wildman–Crippen MR) is 93.1 cm³/mol. The van der Waals surface area contributed by atoms with E-state index >= 15 is 0 Å². The van der Waals surface area contributed by atoms with Gasteiger partial charge in [0.15, 0.2) is 0 Å². The summed E-state index contributed by atoms with van der Waals surface area (Å²) in [5.41, 5.74) is 8.70. The summed E-state index contributed by atoms with van der Waals surface area (Å²) in [6.45, 7) is 8.91. The molecule has 2 rings (SSSR count). The average molecular weight is 280 g/mol. The highest BCUT2D eigenvalue weighted by atomic mass is 14.1. The van der Waals surface area contributed by atoms with Crippen molar-refractivity contribution >= 4 is 0 Å². The number of hydrogen-bond acceptors (Lipinski definition) is 0. The molecular formula is C21H28. The molecule has 21 heavy (non-hydrogen) atoms. The maximum atomic E-state index is 2.31. The van der Waals surface area contributed by atoms with Crippen molar-refractivity contribution in [2.75, 3.05) is 0 Å². The van der Waals surface area contributed by atoms with Crippen molar-refractivity contribution in [3.8, 4) is 0 Å². The zero-order valence-corrected chi connectivity index (χ0v) is 14.0. The van der Waals surface area contributed by atoms with Crippen LogP contribution in [0.3, 0.4) is 0 Å². The van der Waals surface area contributed by atoms with Crippen molar-refractivity contribution in [2.45, 2.75) is 59.8 Å². The van der Waals surface area contributed by atoms with E-state index in [9.17, 15) is 0 Å². The van der Waals surface area contributed by atoms with Gasteiger partial charge in [0.1, 0.15) is 0 Å². The second-order valence-electron chi connectivity index (χ2n) is 6.30. The molecule has 0 nitrogen and oxygen atoms in total. The highest BCUT2D eigenvalue weighted by Gasteiger charge is 2.04. The summed E-state index contributed by atoms with van der Waals surface area (Å²) >= 11 is 0. The first-order valence-electron chi connectivity index (χ1n) is 8.24. The molecule has 2 aromatic rings. The molecule has 0 spiro atoms. The Hall–Kier alpha value is -1.56. The number of hydrogen-bond donors (Lipinski definition) is 0. The minimum atomic E-state index is 1.14. The number of unbranched alkanes of at least 4 members (excludes halogenated alkanes) is 1. The summed E-state index contributed by atoms with van der Waals surface area (Å²) in [7, 11) is 0. The van der Waals surface area contributed by atoms with Gasteiger partial charge < -0.3 is 0 Å². The fourth-order valence-corrected chi connectivity index (χ4v) is 3.13. The first-order chi connectivity index (χ1) is 10.1. The van der Waals surface area contributed by atoms with Crippen LogP contribution in [-0.4, -0.2) is 0 Å². The van der Waals surface area contributed by atoms with Gasteiger partial charge in [-0.3, -0.25) is 0 Å². The quantitative estimate of drug-likeness (QED) is 0.633. The van der Waals surface area contributed by atoms with E-state index < -0.39 is 0 Å². The van der Waals surface area contributed by atoms with Crippen LogP contribution >= 0.6 is 0 Å². The number of rotatable bonds is 6. The third-order valence-electron chi connectivity index (χ3n) is 4.35. The summed E-state index contributed by atoms with van der Waals surface area (Å²) in [6.07, 6.45) is 6.06. The highest BCUT2D eigenvalue weighted by molar-refractivity contribution is 5.38. The lowest BCUT2D eigenvalue weighted by Gasteiger charge is -2.11. The Bertz CT molecular complexity index is 552. The molecule has 0 unspecified atom stereocenters. The van der Waals surface area contributed by atoms with Crippen LogP contribution in [-0.2, 0) is 19.3 Å². The van der Waals surface area contributed by atoms with Crippen molar-refractivity contribution < 1.29 is 0 Å². The average Bonchev–Trinajstić information content (AvgIpc) is 2.45. The Morgan fingerprint density at radius 1 is 0.714 bits per heavy atom. The first kappa shape index (κ1) is 15.8. The maximum Gasteiger partial charge on any atom is -0.0233 e. The largest absolute Gasteiger partial charge is 0.0654 e. The minimum Gasteiger partial charge on any atom is -0.0654 e. The lowest BCUT2D eigenvalue weighted by Crippen LogP contribution is -1.98. The molecular weight excluding hydrogens is 252 g/mol. The topological polar surface area (TPSA) is 0 Å². The molecule has 0 amide bonds. The molecule has 0 atom stereocenters. The summed E-state index contributed by atoms with van der Waals surface area (Å²) in [5, 5.41) is 0. The van der Waals surface area contributed by atoms with Gasteiger partial charge in [0.05, 0.1) is 0 Å². The molecule has 0 heteroatoms. The Kier molecular flexibility index (Phi) is 5.61. The minimum absolute atomic E-state index is 1.14. The second-order valence-corrected chi connectivity index (χ2v) is 6.30. The second kappa shape index (κ2) is 7.45. The van der Waals surface area contributed by atoms with Gasteiger partial charge in [0.2, 0.25) is 0 Å². The monoisotopic (exact) mass is 280 g/mol. The van der Waals surface area contributed by atoms with Crippen molar-refractivity contribution in [2.24, 2.45) is 0 Å². The summed E-state index contributed by atoms with van der Waals surface area (Å²) in [5.74, 6) is 0. The van der Waals surface area contributed by atoms with Gasteiger partial charge in [-0.05, 0) is 74.3 Å². The van der Waals surface area contributed by atoms with Crippen LogP contribution in [0.5, 0.6) is 0 Å². The van der Waals surface area contributed by atoms with E-state index in [0.29, 0.717) is 0 Å². The zero-order valence-electron chi connectivity index (χ0n) is 14.0. The third kappa shape index (κ3) is 4.46. The van der Waals surface area contributed by atoms with E-state index in [4.69, 9.17) is 0 Å². The van der Waals surface area contributed by atoms with Crippen molar-refractivity contribution in [1.82, 2.24) is 0 Å². The van der Waals surface area contributed by atoms with Crippen LogP contribution in [0.15, 0.2) is 36.4 Å². The van der Waals surface area contributed by atoms with E-state index in [1.165, 1.54) is 52.6 Å². The van der Waals surface area contributed by atoms with Gasteiger partial charge in [-0.1, -0.05) is 55.3 Å². The molecule has 0 aliphatic heterocycles. The molecule has 0 bridgehead atoms. The van der Waals surface area contributed by atoms with E-state index in [1.807, 2.05) is 0 Å². The molecule has 2 aromatic carbocycles. The SMILES string of the molecule is CCCCc1ccc(CCc2c(C)cc(C)cc2C)cc1. The molecule has 0 aliphatic carbocycles. The number of benzene rings is 2. The van der Waals surface area contributed by atoms with E-state index in [2.05, 4.69) is 64.1 Å². The summed E-state index contributed by atoms with van der Waals surface area (Å²) < 4.78 is 0. The molecule has 0 heterocycles. The molecule has 0 aromatic heterocycles. The smallest absolute Gasteiger partial charge is 0.0233 e. The normalized spacial score (nSPS) is 10.9. The molecule has 112 valence electrons. The molecule has 0 saturated carbocycles. The first-order valence-corrected chi connectivity index (χ1v) is 8.24. The Balaban J connectivity index is 2.00. The molecule has 0 aliphatic rings.